The maximum Gasteiger partial charge on any atom is 0.422 e. The van der Waals surface area contributed by atoms with Crippen LogP contribution in [-0.2, 0) is 14.9 Å². The molecule has 1 aromatic rings. The Labute approximate surface area is 116 Å². The highest BCUT2D eigenvalue weighted by Gasteiger charge is 2.17. The van der Waals surface area contributed by atoms with Crippen molar-refractivity contribution in [1.82, 2.24) is 4.72 Å². The van der Waals surface area contributed by atoms with Gasteiger partial charge in [-0.2, -0.15) is 8.42 Å². The van der Waals surface area contributed by atoms with Crippen molar-refractivity contribution in [2.75, 3.05) is 11.3 Å². The number of rotatable bonds is 5. The summed E-state index contributed by atoms with van der Waals surface area (Å²) in [7, 11) is -4.13. The number of nitrogens with zero attached hydrogens (tertiary/aromatic N) is 1. The molecule has 0 unspecified atom stereocenters. The first-order valence-corrected chi connectivity index (χ1v) is 7.13. The minimum absolute atomic E-state index is 0.0498. The summed E-state index contributed by atoms with van der Waals surface area (Å²) >= 11 is 0. The van der Waals surface area contributed by atoms with Crippen LogP contribution in [0.3, 0.4) is 0 Å². The van der Waals surface area contributed by atoms with Crippen molar-refractivity contribution in [3.63, 3.8) is 0 Å². The average molecular weight is 301 g/mol. The van der Waals surface area contributed by atoms with Crippen LogP contribution in [0.25, 0.3) is 0 Å². The van der Waals surface area contributed by atoms with Crippen molar-refractivity contribution in [1.29, 1.82) is 0 Å². The number of oxime groups is 1. The highest BCUT2D eigenvalue weighted by Crippen LogP contribution is 2.17. The lowest BCUT2D eigenvalue weighted by atomic mass is 10.1. The molecular weight excluding hydrogens is 286 g/mol. The number of carbonyl (C=O) groups is 1. The van der Waals surface area contributed by atoms with Crippen molar-refractivity contribution in [3.8, 4) is 0 Å². The molecule has 110 valence electrons. The van der Waals surface area contributed by atoms with Gasteiger partial charge in [0.25, 0.3) is 0 Å². The van der Waals surface area contributed by atoms with Crippen molar-refractivity contribution in [2.45, 2.75) is 13.8 Å². The van der Waals surface area contributed by atoms with E-state index < -0.39 is 16.3 Å². The normalized spacial score (nSPS) is 11.8. The first-order chi connectivity index (χ1) is 9.39. The summed E-state index contributed by atoms with van der Waals surface area (Å²) in [4.78, 5) is 11.1. The fraction of sp³-hybridized carbons (Fsp3) is 0.273. The van der Waals surface area contributed by atoms with Crippen LogP contribution >= 0.6 is 0 Å². The summed E-state index contributed by atoms with van der Waals surface area (Å²) in [5.74, 6) is 0. The Morgan fingerprint density at radius 2 is 2.05 bits per heavy atom. The molecule has 8 nitrogen and oxygen atoms in total. The Morgan fingerprint density at radius 3 is 2.65 bits per heavy atom. The number of hydrogen-bond donors (Lipinski definition) is 3. The summed E-state index contributed by atoms with van der Waals surface area (Å²) in [6, 6.07) is 6.28. The van der Waals surface area contributed by atoms with Crippen LogP contribution < -0.4 is 9.44 Å². The van der Waals surface area contributed by atoms with Crippen LogP contribution in [0.5, 0.6) is 0 Å². The average Bonchev–Trinajstić information content (AvgIpc) is 2.37. The molecule has 0 aliphatic heterocycles. The number of amides is 1. The number of hydrogen-bond acceptors (Lipinski definition) is 6. The van der Waals surface area contributed by atoms with Gasteiger partial charge < -0.3 is 9.94 Å². The molecule has 1 rings (SSSR count). The summed E-state index contributed by atoms with van der Waals surface area (Å²) in [5, 5.41) is 11.8. The van der Waals surface area contributed by atoms with Gasteiger partial charge >= 0.3 is 16.3 Å². The molecule has 0 aliphatic rings. The zero-order chi connectivity index (χ0) is 15.2. The zero-order valence-electron chi connectivity index (χ0n) is 11.0. The fourth-order valence-electron chi connectivity index (χ4n) is 1.38. The van der Waals surface area contributed by atoms with E-state index >= 15 is 0 Å². The van der Waals surface area contributed by atoms with Gasteiger partial charge in [0.1, 0.15) is 0 Å². The largest absolute Gasteiger partial charge is 0.449 e. The van der Waals surface area contributed by atoms with Crippen molar-refractivity contribution in [2.24, 2.45) is 5.16 Å². The summed E-state index contributed by atoms with van der Waals surface area (Å²) in [5.41, 5.74) is 0.767. The molecule has 3 N–H and O–H groups in total. The van der Waals surface area contributed by atoms with Gasteiger partial charge in [0.05, 0.1) is 18.0 Å². The lowest BCUT2D eigenvalue weighted by Gasteiger charge is -2.12. The van der Waals surface area contributed by atoms with Crippen molar-refractivity contribution < 1.29 is 23.2 Å². The molecule has 0 heterocycles. The minimum atomic E-state index is -4.13. The maximum absolute atomic E-state index is 11.7. The van der Waals surface area contributed by atoms with E-state index in [4.69, 9.17) is 5.21 Å². The van der Waals surface area contributed by atoms with E-state index in [0.29, 0.717) is 5.56 Å². The van der Waals surface area contributed by atoms with E-state index in [1.165, 1.54) is 13.0 Å². The van der Waals surface area contributed by atoms with E-state index in [1.54, 1.807) is 29.8 Å². The van der Waals surface area contributed by atoms with Gasteiger partial charge in [-0.15, -0.1) is 0 Å². The molecule has 0 bridgehead atoms. The molecule has 0 aliphatic carbocycles. The minimum Gasteiger partial charge on any atom is -0.449 e. The monoisotopic (exact) mass is 301 g/mol. The van der Waals surface area contributed by atoms with E-state index in [0.717, 1.165) is 0 Å². The summed E-state index contributed by atoms with van der Waals surface area (Å²) < 4.78 is 31.8. The SMILES string of the molecule is CCOC(=O)NS(=O)(=O)Nc1ccccc1/C(C)=N/O. The second-order valence-corrected chi connectivity index (χ2v) is 5.07. The number of nitrogens with one attached hydrogen (secondary N) is 2. The lowest BCUT2D eigenvalue weighted by Crippen LogP contribution is -2.36. The van der Waals surface area contributed by atoms with Crippen LogP contribution in [0.15, 0.2) is 29.4 Å². The van der Waals surface area contributed by atoms with Gasteiger partial charge in [-0.05, 0) is 19.9 Å². The first-order valence-electron chi connectivity index (χ1n) is 5.65. The molecule has 9 heteroatoms. The first kappa shape index (κ1) is 15.8. The van der Waals surface area contributed by atoms with E-state index in [9.17, 15) is 13.2 Å². The van der Waals surface area contributed by atoms with E-state index in [-0.39, 0.29) is 18.0 Å². The Kier molecular flexibility index (Phi) is 5.32. The summed E-state index contributed by atoms with van der Waals surface area (Å²) in [6.45, 7) is 3.11. The third kappa shape index (κ3) is 4.43. The molecule has 1 aromatic carbocycles. The highest BCUT2D eigenvalue weighted by atomic mass is 32.2. The summed E-state index contributed by atoms with van der Waals surface area (Å²) in [6.07, 6.45) is -1.08. The number of carbonyl (C=O) groups excluding carboxylic acids is 1. The van der Waals surface area contributed by atoms with Crippen molar-refractivity contribution in [3.05, 3.63) is 29.8 Å². The Balaban J connectivity index is 2.96. The van der Waals surface area contributed by atoms with Gasteiger partial charge in [-0.25, -0.2) is 9.52 Å². The molecule has 0 saturated carbocycles. The van der Waals surface area contributed by atoms with E-state index in [2.05, 4.69) is 14.6 Å². The molecule has 0 radical (unpaired) electrons. The molecule has 0 atom stereocenters. The number of para-hydroxylation sites is 1. The molecule has 1 amide bonds. The highest BCUT2D eigenvalue weighted by molar-refractivity contribution is 7.91. The van der Waals surface area contributed by atoms with Gasteiger partial charge in [0.2, 0.25) is 0 Å². The number of anilines is 1. The fourth-order valence-corrected chi connectivity index (χ4v) is 2.18. The number of ether oxygens (including phenoxy) is 1. The van der Waals surface area contributed by atoms with Crippen LogP contribution in [0, 0.1) is 0 Å². The second-order valence-electron chi connectivity index (χ2n) is 3.66. The lowest BCUT2D eigenvalue weighted by molar-refractivity contribution is 0.159. The molecule has 20 heavy (non-hydrogen) atoms. The smallest absolute Gasteiger partial charge is 0.422 e. The zero-order valence-corrected chi connectivity index (χ0v) is 11.8. The second kappa shape index (κ2) is 6.75. The predicted octanol–water partition coefficient (Wildman–Crippen LogP) is 1.29. The standard InChI is InChI=1S/C11H15N3O5S/c1-3-19-11(15)14-20(17,18)13-10-7-5-4-6-9(10)8(2)12-16/h4-7,13,16H,3H2,1-2H3,(H,14,15)/b12-8+. The van der Waals surface area contributed by atoms with Gasteiger partial charge in [-0.1, -0.05) is 23.4 Å². The van der Waals surface area contributed by atoms with Crippen molar-refractivity contribution >= 4 is 27.7 Å². The molecule has 0 fully saturated rings. The maximum atomic E-state index is 11.7. The third-order valence-corrected chi connectivity index (χ3v) is 3.13. The quantitative estimate of drug-likeness (QED) is 0.430. The Morgan fingerprint density at radius 1 is 1.40 bits per heavy atom. The van der Waals surface area contributed by atoms with Crippen LogP contribution in [-0.4, -0.2) is 32.0 Å². The van der Waals surface area contributed by atoms with Gasteiger partial charge in [0.15, 0.2) is 0 Å². The van der Waals surface area contributed by atoms with Crippen LogP contribution in [0.4, 0.5) is 10.5 Å². The molecule has 0 saturated heterocycles. The number of benzene rings is 1. The molecule has 0 spiro atoms. The topological polar surface area (TPSA) is 117 Å². The predicted molar refractivity (Wildman–Crippen MR) is 73.1 cm³/mol. The molecular formula is C11H15N3O5S. The Hall–Kier alpha value is -2.29. The molecule has 0 aromatic heterocycles. The van der Waals surface area contributed by atoms with Gasteiger partial charge in [-0.3, -0.25) is 4.72 Å². The van der Waals surface area contributed by atoms with E-state index in [1.807, 2.05) is 0 Å². The third-order valence-electron chi connectivity index (χ3n) is 2.20. The Bertz CT molecular complexity index is 612. The van der Waals surface area contributed by atoms with Crippen LogP contribution in [0.2, 0.25) is 0 Å². The van der Waals surface area contributed by atoms with Crippen LogP contribution in [0.1, 0.15) is 19.4 Å². The van der Waals surface area contributed by atoms with Gasteiger partial charge in [0, 0.05) is 5.56 Å².